The van der Waals surface area contributed by atoms with Crippen LogP contribution in [0.5, 0.6) is 0 Å². The van der Waals surface area contributed by atoms with Crippen LogP contribution in [0, 0.1) is 11.6 Å². The van der Waals surface area contributed by atoms with Crippen molar-refractivity contribution in [3.05, 3.63) is 40.2 Å². The van der Waals surface area contributed by atoms with Gasteiger partial charge in [0.1, 0.15) is 4.70 Å². The van der Waals surface area contributed by atoms with E-state index in [0.717, 1.165) is 55.0 Å². The standard InChI is InChI=1S/C20H21F2N5O2S2/c1-11(2)27-18(29)16-17(24-19(31-16)26-7-3-4-8-26)25-20(27)30-10-15(28)23-12-5-6-13(21)14(22)9-12/h5-6,9,11H,3-4,7-8,10H2,1-2H3,(H,23,28). The number of nitrogens with zero attached hydrogens (tertiary/aromatic N) is 4. The van der Waals surface area contributed by atoms with Crippen LogP contribution < -0.4 is 15.8 Å². The average Bonchev–Trinajstić information content (AvgIpc) is 3.38. The number of carbonyl (C=O) groups is 1. The van der Waals surface area contributed by atoms with E-state index in [0.29, 0.717) is 15.5 Å². The zero-order valence-corrected chi connectivity index (χ0v) is 18.7. The normalized spacial score (nSPS) is 14.0. The van der Waals surface area contributed by atoms with Gasteiger partial charge < -0.3 is 10.2 Å². The van der Waals surface area contributed by atoms with E-state index in [4.69, 9.17) is 0 Å². The third-order valence-corrected chi connectivity index (χ3v) is 6.89. The second-order valence-corrected chi connectivity index (χ2v) is 9.39. The number of rotatable bonds is 6. The molecule has 31 heavy (non-hydrogen) atoms. The first-order chi connectivity index (χ1) is 14.8. The van der Waals surface area contributed by atoms with Gasteiger partial charge >= 0.3 is 0 Å². The van der Waals surface area contributed by atoms with Crippen molar-refractivity contribution in [1.82, 2.24) is 14.5 Å². The Hall–Kier alpha value is -2.53. The van der Waals surface area contributed by atoms with Crippen molar-refractivity contribution in [1.29, 1.82) is 0 Å². The molecule has 3 aromatic rings. The maximum Gasteiger partial charge on any atom is 0.274 e. The number of amides is 1. The van der Waals surface area contributed by atoms with Gasteiger partial charge in [-0.05, 0) is 38.8 Å². The molecule has 0 unspecified atom stereocenters. The number of nitrogens with one attached hydrogen (secondary N) is 1. The number of fused-ring (bicyclic) bond motifs is 1. The van der Waals surface area contributed by atoms with Crippen molar-refractivity contribution in [2.45, 2.75) is 37.9 Å². The van der Waals surface area contributed by atoms with E-state index in [1.54, 1.807) is 4.57 Å². The van der Waals surface area contributed by atoms with Gasteiger partial charge in [-0.15, -0.1) is 0 Å². The summed E-state index contributed by atoms with van der Waals surface area (Å²) in [4.78, 5) is 36.7. The smallest absolute Gasteiger partial charge is 0.274 e. The first-order valence-electron chi connectivity index (χ1n) is 9.89. The highest BCUT2D eigenvalue weighted by molar-refractivity contribution is 7.99. The molecule has 0 spiro atoms. The molecule has 1 aliphatic heterocycles. The minimum atomic E-state index is -1.04. The monoisotopic (exact) mass is 465 g/mol. The Balaban J connectivity index is 1.56. The highest BCUT2D eigenvalue weighted by Crippen LogP contribution is 2.30. The van der Waals surface area contributed by atoms with Crippen LogP contribution in [0.4, 0.5) is 19.6 Å². The van der Waals surface area contributed by atoms with Gasteiger partial charge in [0, 0.05) is 30.9 Å². The number of benzene rings is 1. The number of thiazole rings is 1. The first-order valence-corrected chi connectivity index (χ1v) is 11.7. The Labute approximate surface area is 185 Å². The highest BCUT2D eigenvalue weighted by atomic mass is 32.2. The minimum Gasteiger partial charge on any atom is -0.348 e. The van der Waals surface area contributed by atoms with Crippen LogP contribution in [0.2, 0.25) is 0 Å². The molecule has 0 saturated carbocycles. The Bertz CT molecular complexity index is 1190. The van der Waals surface area contributed by atoms with Crippen LogP contribution in [0.15, 0.2) is 28.2 Å². The molecular weight excluding hydrogens is 444 g/mol. The Morgan fingerprint density at radius 2 is 1.97 bits per heavy atom. The largest absolute Gasteiger partial charge is 0.348 e. The Morgan fingerprint density at radius 3 is 2.65 bits per heavy atom. The van der Waals surface area contributed by atoms with E-state index in [2.05, 4.69) is 20.2 Å². The Morgan fingerprint density at radius 1 is 1.23 bits per heavy atom. The number of carbonyl (C=O) groups excluding carboxylic acids is 1. The second-order valence-electron chi connectivity index (χ2n) is 7.47. The van der Waals surface area contributed by atoms with Gasteiger partial charge in [0.2, 0.25) is 5.91 Å². The second kappa shape index (κ2) is 8.91. The van der Waals surface area contributed by atoms with Gasteiger partial charge in [0.15, 0.2) is 27.6 Å². The van der Waals surface area contributed by atoms with Crippen molar-refractivity contribution >= 4 is 50.2 Å². The summed E-state index contributed by atoms with van der Waals surface area (Å²) in [5.74, 6) is -2.49. The van der Waals surface area contributed by atoms with Crippen molar-refractivity contribution < 1.29 is 13.6 Å². The molecule has 1 aliphatic rings. The summed E-state index contributed by atoms with van der Waals surface area (Å²) in [6, 6.07) is 2.99. The van der Waals surface area contributed by atoms with E-state index >= 15 is 0 Å². The Kier molecular flexibility index (Phi) is 6.24. The lowest BCUT2D eigenvalue weighted by Crippen LogP contribution is -2.25. The molecule has 1 aromatic carbocycles. The number of hydrogen-bond donors (Lipinski definition) is 1. The maximum atomic E-state index is 13.3. The maximum absolute atomic E-state index is 13.3. The van der Waals surface area contributed by atoms with Crippen LogP contribution in [0.1, 0.15) is 32.7 Å². The van der Waals surface area contributed by atoms with Gasteiger partial charge in [-0.2, -0.15) is 4.98 Å². The fraction of sp³-hybridized carbons (Fsp3) is 0.400. The number of thioether (sulfide) groups is 1. The molecule has 3 heterocycles. The summed E-state index contributed by atoms with van der Waals surface area (Å²) >= 11 is 2.46. The number of halogens is 2. The molecule has 0 radical (unpaired) electrons. The van der Waals surface area contributed by atoms with Crippen molar-refractivity contribution in [3.63, 3.8) is 0 Å². The van der Waals surface area contributed by atoms with Crippen LogP contribution >= 0.6 is 23.1 Å². The van der Waals surface area contributed by atoms with Gasteiger partial charge in [0.25, 0.3) is 5.56 Å². The lowest BCUT2D eigenvalue weighted by atomic mass is 10.3. The molecule has 0 aliphatic carbocycles. The molecule has 0 bridgehead atoms. The summed E-state index contributed by atoms with van der Waals surface area (Å²) < 4.78 is 28.5. The predicted octanol–water partition coefficient (Wildman–Crippen LogP) is 4.04. The topological polar surface area (TPSA) is 80.1 Å². The van der Waals surface area contributed by atoms with Gasteiger partial charge in [-0.1, -0.05) is 23.1 Å². The molecular formula is C20H21F2N5O2S2. The minimum absolute atomic E-state index is 0.0488. The van der Waals surface area contributed by atoms with E-state index in [-0.39, 0.29) is 23.0 Å². The molecule has 0 atom stereocenters. The molecule has 1 saturated heterocycles. The fourth-order valence-corrected chi connectivity index (χ4v) is 5.27. The lowest BCUT2D eigenvalue weighted by Gasteiger charge is -2.14. The number of aromatic nitrogens is 3. The third kappa shape index (κ3) is 4.57. The molecule has 7 nitrogen and oxygen atoms in total. The van der Waals surface area contributed by atoms with E-state index in [1.807, 2.05) is 13.8 Å². The van der Waals surface area contributed by atoms with Crippen LogP contribution in [-0.4, -0.2) is 39.3 Å². The number of anilines is 2. The molecule has 1 N–H and O–H groups in total. The zero-order valence-electron chi connectivity index (χ0n) is 17.0. The van der Waals surface area contributed by atoms with Crippen molar-refractivity contribution in [2.75, 3.05) is 29.1 Å². The van der Waals surface area contributed by atoms with E-state index in [1.165, 1.54) is 17.4 Å². The van der Waals surface area contributed by atoms with Gasteiger partial charge in [-0.3, -0.25) is 14.2 Å². The molecule has 4 rings (SSSR count). The highest BCUT2D eigenvalue weighted by Gasteiger charge is 2.22. The summed E-state index contributed by atoms with van der Waals surface area (Å²) in [6.07, 6.45) is 2.21. The van der Waals surface area contributed by atoms with Crippen LogP contribution in [-0.2, 0) is 4.79 Å². The van der Waals surface area contributed by atoms with Crippen LogP contribution in [0.25, 0.3) is 10.3 Å². The van der Waals surface area contributed by atoms with Gasteiger partial charge in [-0.25, -0.2) is 13.8 Å². The quantitative estimate of drug-likeness (QED) is 0.437. The van der Waals surface area contributed by atoms with Crippen molar-refractivity contribution in [2.24, 2.45) is 0 Å². The van der Waals surface area contributed by atoms with E-state index in [9.17, 15) is 18.4 Å². The third-order valence-electron chi connectivity index (χ3n) is 4.85. The summed E-state index contributed by atoms with van der Waals surface area (Å²) in [7, 11) is 0. The zero-order chi connectivity index (χ0) is 22.1. The first kappa shape index (κ1) is 21.7. The summed E-state index contributed by atoms with van der Waals surface area (Å²) in [6.45, 7) is 5.60. The molecule has 11 heteroatoms. The average molecular weight is 466 g/mol. The lowest BCUT2D eigenvalue weighted by molar-refractivity contribution is -0.113. The number of hydrogen-bond acceptors (Lipinski definition) is 7. The molecule has 2 aromatic heterocycles. The molecule has 1 fully saturated rings. The molecule has 164 valence electrons. The van der Waals surface area contributed by atoms with E-state index < -0.39 is 17.5 Å². The van der Waals surface area contributed by atoms with Crippen LogP contribution in [0.3, 0.4) is 0 Å². The van der Waals surface area contributed by atoms with Crippen molar-refractivity contribution in [3.8, 4) is 0 Å². The summed E-state index contributed by atoms with van der Waals surface area (Å²) in [5, 5.41) is 3.71. The summed E-state index contributed by atoms with van der Waals surface area (Å²) in [5.41, 5.74) is 0.368. The fourth-order valence-electron chi connectivity index (χ4n) is 3.36. The SMILES string of the molecule is CC(C)n1c(SCC(=O)Nc2ccc(F)c(F)c2)nc2nc(N3CCCC3)sc2c1=O. The van der Waals surface area contributed by atoms with Gasteiger partial charge in [0.05, 0.1) is 5.75 Å². The molecule has 1 amide bonds. The predicted molar refractivity (Wildman–Crippen MR) is 119 cm³/mol.